The molecule has 0 atom stereocenters. The monoisotopic (exact) mass is 271 g/mol. The lowest BCUT2D eigenvalue weighted by atomic mass is 9.89. The highest BCUT2D eigenvalue weighted by Crippen LogP contribution is 2.56. The van der Waals surface area contributed by atoms with Crippen LogP contribution in [0.25, 0.3) is 0 Å². The minimum atomic E-state index is -3.40. The summed E-state index contributed by atoms with van der Waals surface area (Å²) in [4.78, 5) is 0. The number of hydrogen-bond donors (Lipinski definition) is 0. The highest BCUT2D eigenvalue weighted by molar-refractivity contribution is 7.58. The van der Waals surface area contributed by atoms with Crippen LogP contribution in [0.2, 0.25) is 0 Å². The standard InChI is InChI=1S/C13H22NO3P/c1-3-16-18(15,17-4-2)13(11-14)10-12-8-6-5-7-9-12/h10,12H,3-9H2,1-2H3/b13-10+. The van der Waals surface area contributed by atoms with Crippen LogP contribution in [0.5, 0.6) is 0 Å². The molecule has 4 nitrogen and oxygen atoms in total. The van der Waals surface area contributed by atoms with Crippen LogP contribution in [0.4, 0.5) is 0 Å². The van der Waals surface area contributed by atoms with E-state index in [1.54, 1.807) is 13.8 Å². The van der Waals surface area contributed by atoms with Gasteiger partial charge in [0.05, 0.1) is 13.2 Å². The number of hydrogen-bond acceptors (Lipinski definition) is 4. The molecule has 0 aromatic rings. The molecule has 0 radical (unpaired) electrons. The summed E-state index contributed by atoms with van der Waals surface area (Å²) < 4.78 is 22.9. The highest BCUT2D eigenvalue weighted by atomic mass is 31.2. The average molecular weight is 271 g/mol. The Labute approximate surface area is 110 Å². The van der Waals surface area contributed by atoms with Crippen molar-refractivity contribution in [1.82, 2.24) is 0 Å². The Morgan fingerprint density at radius 3 is 2.28 bits per heavy atom. The molecular weight excluding hydrogens is 249 g/mol. The molecule has 0 bridgehead atoms. The number of rotatable bonds is 6. The summed E-state index contributed by atoms with van der Waals surface area (Å²) in [7, 11) is -3.40. The zero-order chi connectivity index (χ0) is 13.4. The second-order valence-electron chi connectivity index (χ2n) is 4.39. The third-order valence-electron chi connectivity index (χ3n) is 3.05. The minimum Gasteiger partial charge on any atom is -0.305 e. The highest BCUT2D eigenvalue weighted by Gasteiger charge is 2.30. The molecule has 1 aliphatic carbocycles. The van der Waals surface area contributed by atoms with Gasteiger partial charge in [-0.1, -0.05) is 25.3 Å². The second kappa shape index (κ2) is 7.74. The molecule has 0 aromatic heterocycles. The van der Waals surface area contributed by atoms with Crippen LogP contribution in [-0.2, 0) is 13.6 Å². The third kappa shape index (κ3) is 4.24. The van der Waals surface area contributed by atoms with Crippen molar-refractivity contribution >= 4 is 7.60 Å². The summed E-state index contributed by atoms with van der Waals surface area (Å²) in [6.07, 6.45) is 7.53. The Kier molecular flexibility index (Phi) is 6.63. The predicted molar refractivity (Wildman–Crippen MR) is 71.1 cm³/mol. The fourth-order valence-electron chi connectivity index (χ4n) is 2.23. The van der Waals surface area contributed by atoms with E-state index in [4.69, 9.17) is 9.05 Å². The maximum atomic E-state index is 12.5. The molecule has 1 rings (SSSR count). The molecule has 0 aromatic carbocycles. The second-order valence-corrected chi connectivity index (χ2v) is 6.39. The number of nitriles is 1. The first-order valence-corrected chi connectivity index (χ1v) is 8.22. The lowest BCUT2D eigenvalue weighted by molar-refractivity contribution is 0.227. The largest absolute Gasteiger partial charge is 0.371 e. The van der Waals surface area contributed by atoms with E-state index >= 15 is 0 Å². The first-order valence-electron chi connectivity index (χ1n) is 6.68. The van der Waals surface area contributed by atoms with Gasteiger partial charge in [-0.05, 0) is 32.6 Å². The molecule has 1 aliphatic rings. The lowest BCUT2D eigenvalue weighted by Crippen LogP contribution is -2.05. The van der Waals surface area contributed by atoms with Crippen molar-refractivity contribution in [3.8, 4) is 6.07 Å². The zero-order valence-electron chi connectivity index (χ0n) is 11.2. The molecule has 0 saturated heterocycles. The molecule has 0 heterocycles. The SMILES string of the molecule is CCOP(=O)(OCC)/C(C#N)=C/C1CCCCC1. The van der Waals surface area contributed by atoms with Gasteiger partial charge in [0.1, 0.15) is 11.4 Å². The van der Waals surface area contributed by atoms with E-state index in [1.165, 1.54) is 19.3 Å². The van der Waals surface area contributed by atoms with Gasteiger partial charge in [-0.15, -0.1) is 0 Å². The minimum absolute atomic E-state index is 0.179. The van der Waals surface area contributed by atoms with Crippen molar-refractivity contribution in [3.63, 3.8) is 0 Å². The smallest absolute Gasteiger partial charge is 0.305 e. The van der Waals surface area contributed by atoms with E-state index in [9.17, 15) is 9.83 Å². The molecule has 5 heteroatoms. The van der Waals surface area contributed by atoms with Gasteiger partial charge in [-0.25, -0.2) is 0 Å². The van der Waals surface area contributed by atoms with Gasteiger partial charge in [0.25, 0.3) is 0 Å². The summed E-state index contributed by atoms with van der Waals surface area (Å²) in [6.45, 7) is 4.06. The van der Waals surface area contributed by atoms with E-state index in [2.05, 4.69) is 0 Å². The van der Waals surface area contributed by atoms with Gasteiger partial charge in [0.15, 0.2) is 0 Å². The van der Waals surface area contributed by atoms with Crippen LogP contribution < -0.4 is 0 Å². The third-order valence-corrected chi connectivity index (χ3v) is 5.09. The van der Waals surface area contributed by atoms with E-state index in [0.717, 1.165) is 12.8 Å². The van der Waals surface area contributed by atoms with Crippen molar-refractivity contribution in [2.45, 2.75) is 46.0 Å². The quantitative estimate of drug-likeness (QED) is 0.535. The Morgan fingerprint density at radius 1 is 1.28 bits per heavy atom. The van der Waals surface area contributed by atoms with E-state index in [1.807, 2.05) is 12.1 Å². The Hall–Kier alpha value is -0.620. The average Bonchev–Trinajstić information content (AvgIpc) is 2.37. The molecule has 0 unspecified atom stereocenters. The Morgan fingerprint density at radius 2 is 1.83 bits per heavy atom. The van der Waals surface area contributed by atoms with Crippen LogP contribution in [-0.4, -0.2) is 13.2 Å². The summed E-state index contributed by atoms with van der Waals surface area (Å²) in [5.41, 5.74) is 0. The van der Waals surface area contributed by atoms with Crippen LogP contribution in [0.3, 0.4) is 0 Å². The number of nitrogens with zero attached hydrogens (tertiary/aromatic N) is 1. The van der Waals surface area contributed by atoms with Crippen molar-refractivity contribution in [2.75, 3.05) is 13.2 Å². The van der Waals surface area contributed by atoms with E-state index < -0.39 is 7.60 Å². The van der Waals surface area contributed by atoms with Crippen LogP contribution >= 0.6 is 7.60 Å². The van der Waals surface area contributed by atoms with E-state index in [-0.39, 0.29) is 18.5 Å². The molecule has 0 spiro atoms. The van der Waals surface area contributed by atoms with Gasteiger partial charge < -0.3 is 9.05 Å². The maximum Gasteiger partial charge on any atom is 0.371 e. The van der Waals surface area contributed by atoms with Crippen molar-refractivity contribution in [2.24, 2.45) is 5.92 Å². The maximum absolute atomic E-state index is 12.5. The van der Waals surface area contributed by atoms with Crippen LogP contribution in [0, 0.1) is 17.2 Å². The topological polar surface area (TPSA) is 59.3 Å². The zero-order valence-corrected chi connectivity index (χ0v) is 12.1. The van der Waals surface area contributed by atoms with E-state index in [0.29, 0.717) is 5.92 Å². The van der Waals surface area contributed by atoms with Gasteiger partial charge in [0, 0.05) is 0 Å². The molecule has 1 saturated carbocycles. The summed E-state index contributed by atoms with van der Waals surface area (Å²) >= 11 is 0. The van der Waals surface area contributed by atoms with Crippen molar-refractivity contribution < 1.29 is 13.6 Å². The van der Waals surface area contributed by atoms with Gasteiger partial charge >= 0.3 is 7.60 Å². The summed E-state index contributed by atoms with van der Waals surface area (Å²) in [5, 5.41) is 9.37. The van der Waals surface area contributed by atoms with Gasteiger partial charge in [-0.3, -0.25) is 4.57 Å². The fraction of sp³-hybridized carbons (Fsp3) is 0.769. The summed E-state index contributed by atoms with van der Waals surface area (Å²) in [5.74, 6) is 0.336. The summed E-state index contributed by atoms with van der Waals surface area (Å²) in [6, 6.07) is 2.01. The molecule has 102 valence electrons. The van der Waals surface area contributed by atoms with Crippen molar-refractivity contribution in [1.29, 1.82) is 5.26 Å². The van der Waals surface area contributed by atoms with Crippen LogP contribution in [0.1, 0.15) is 46.0 Å². The van der Waals surface area contributed by atoms with Crippen molar-refractivity contribution in [3.05, 3.63) is 11.4 Å². The molecular formula is C13H22NO3P. The normalized spacial score (nSPS) is 18.6. The molecule has 0 N–H and O–H groups in total. The first-order chi connectivity index (χ1) is 8.66. The molecule has 18 heavy (non-hydrogen) atoms. The van der Waals surface area contributed by atoms with Crippen LogP contribution in [0.15, 0.2) is 11.4 Å². The predicted octanol–water partition coefficient (Wildman–Crippen LogP) is 4.24. The molecule has 0 aliphatic heterocycles. The number of allylic oxidation sites excluding steroid dienone is 2. The Balaban J connectivity index is 2.87. The fourth-order valence-corrected chi connectivity index (χ4v) is 3.78. The first kappa shape index (κ1) is 15.4. The van der Waals surface area contributed by atoms with Gasteiger partial charge in [-0.2, -0.15) is 5.26 Å². The molecule has 1 fully saturated rings. The lowest BCUT2D eigenvalue weighted by Gasteiger charge is -2.21. The molecule has 0 amide bonds. The van der Waals surface area contributed by atoms with Gasteiger partial charge in [0.2, 0.25) is 0 Å². The Bertz CT molecular complexity index is 357.